The molecule has 1 aliphatic carbocycles. The highest BCUT2D eigenvalue weighted by atomic mass is 16.4. The van der Waals surface area contributed by atoms with Crippen molar-refractivity contribution in [1.82, 2.24) is 16.0 Å². The number of amides is 1. The normalized spacial score (nSPS) is 28.8. The van der Waals surface area contributed by atoms with E-state index in [0.717, 1.165) is 25.3 Å². The number of nitrogens with one attached hydrogen (secondary N) is 3. The van der Waals surface area contributed by atoms with Gasteiger partial charge in [-0.1, -0.05) is 44.2 Å². The summed E-state index contributed by atoms with van der Waals surface area (Å²) < 4.78 is 0. The van der Waals surface area contributed by atoms with Gasteiger partial charge in [0.15, 0.2) is 0 Å². The van der Waals surface area contributed by atoms with E-state index in [1.54, 1.807) is 0 Å². The Morgan fingerprint density at radius 2 is 1.74 bits per heavy atom. The molecule has 1 amide bonds. The molecule has 0 bridgehead atoms. The van der Waals surface area contributed by atoms with Crippen LogP contribution in [0.3, 0.4) is 0 Å². The maximum Gasteiger partial charge on any atom is 0.322 e. The fourth-order valence-corrected chi connectivity index (χ4v) is 6.73. The summed E-state index contributed by atoms with van der Waals surface area (Å²) >= 11 is 0. The van der Waals surface area contributed by atoms with Gasteiger partial charge in [-0.25, -0.2) is 0 Å². The first-order chi connectivity index (χ1) is 17.0. The van der Waals surface area contributed by atoms with E-state index in [-0.39, 0.29) is 12.5 Å². The molecule has 3 fully saturated rings. The fraction of sp³-hybridized carbons (Fsp3) is 0.714. The van der Waals surface area contributed by atoms with Crippen LogP contribution in [0.1, 0.15) is 93.0 Å². The number of rotatable bonds is 8. The zero-order valence-corrected chi connectivity index (χ0v) is 21.1. The van der Waals surface area contributed by atoms with Crippen LogP contribution in [-0.2, 0) is 11.2 Å². The zero-order chi connectivity index (χ0) is 24.7. The standard InChI is InChI=1S/C28H44N4O3/c29-24(26(34)35)19-31-25(33)21-12-9-20(10-13-21)11-14-23-15-17-28(16-6-18-30-27(28)32-23)22-7-4-2-1-3-5-8-22/h9-10,12-13,22-24,27,30,32H,1-8,11,14-19,29H2,(H,31,33)(H,34,35)/t23?,24-,27?,28?/m0/s1. The number of hydrogen-bond donors (Lipinski definition) is 5. The van der Waals surface area contributed by atoms with Crippen molar-refractivity contribution >= 4 is 11.9 Å². The molecule has 0 aromatic heterocycles. The minimum absolute atomic E-state index is 0.0825. The molecule has 2 saturated heterocycles. The van der Waals surface area contributed by atoms with Crippen LogP contribution in [-0.4, -0.2) is 48.3 Å². The highest BCUT2D eigenvalue weighted by Gasteiger charge is 2.48. The summed E-state index contributed by atoms with van der Waals surface area (Å²) in [6.07, 6.45) is 17.7. The molecule has 7 heteroatoms. The summed E-state index contributed by atoms with van der Waals surface area (Å²) in [7, 11) is 0. The van der Waals surface area contributed by atoms with Crippen molar-refractivity contribution in [1.29, 1.82) is 0 Å². The molecule has 3 aliphatic rings. The molecule has 1 aromatic rings. The van der Waals surface area contributed by atoms with Gasteiger partial charge in [0.05, 0.1) is 6.17 Å². The van der Waals surface area contributed by atoms with Crippen molar-refractivity contribution in [3.05, 3.63) is 35.4 Å². The summed E-state index contributed by atoms with van der Waals surface area (Å²) in [4.78, 5) is 23.1. The quantitative estimate of drug-likeness (QED) is 0.385. The molecule has 0 radical (unpaired) electrons. The van der Waals surface area contributed by atoms with Gasteiger partial charge in [-0.2, -0.15) is 0 Å². The van der Waals surface area contributed by atoms with Gasteiger partial charge in [-0.15, -0.1) is 0 Å². The van der Waals surface area contributed by atoms with Crippen LogP contribution in [0.4, 0.5) is 0 Å². The molecular formula is C28H44N4O3. The number of carboxylic acids is 1. The first-order valence-corrected chi connectivity index (χ1v) is 13.8. The Labute approximate surface area is 210 Å². The number of aliphatic carboxylic acids is 1. The molecule has 0 spiro atoms. The monoisotopic (exact) mass is 484 g/mol. The SMILES string of the molecule is N[C@@H](CNC(=O)c1ccc(CCC2CCC3(C4CCCCCCC4)CCCNC3N2)cc1)C(=O)O. The molecule has 4 atom stereocenters. The van der Waals surface area contributed by atoms with E-state index in [0.29, 0.717) is 23.2 Å². The Morgan fingerprint density at radius 1 is 1.03 bits per heavy atom. The summed E-state index contributed by atoms with van der Waals surface area (Å²) in [5.41, 5.74) is 7.64. The molecule has 194 valence electrons. The Morgan fingerprint density at radius 3 is 2.46 bits per heavy atom. The van der Waals surface area contributed by atoms with Gasteiger partial charge in [-0.05, 0) is 81.5 Å². The largest absolute Gasteiger partial charge is 0.480 e. The first-order valence-electron chi connectivity index (χ1n) is 13.8. The lowest BCUT2D eigenvalue weighted by molar-refractivity contribution is -0.138. The molecule has 1 saturated carbocycles. The third-order valence-electron chi connectivity index (χ3n) is 8.82. The van der Waals surface area contributed by atoms with Crippen LogP contribution in [0, 0.1) is 11.3 Å². The molecule has 35 heavy (non-hydrogen) atoms. The zero-order valence-electron chi connectivity index (χ0n) is 21.1. The molecule has 4 rings (SSSR count). The first kappa shape index (κ1) is 26.1. The maximum absolute atomic E-state index is 12.2. The van der Waals surface area contributed by atoms with Crippen LogP contribution in [0.2, 0.25) is 0 Å². The fourth-order valence-electron chi connectivity index (χ4n) is 6.73. The van der Waals surface area contributed by atoms with Gasteiger partial charge < -0.3 is 21.5 Å². The number of nitrogens with two attached hydrogens (primary N) is 1. The second-order valence-corrected chi connectivity index (χ2v) is 11.1. The number of fused-ring (bicyclic) bond motifs is 1. The summed E-state index contributed by atoms with van der Waals surface area (Å²) in [5.74, 6) is -0.559. The molecule has 1 aromatic carbocycles. The topological polar surface area (TPSA) is 116 Å². The number of piperidine rings is 2. The van der Waals surface area contributed by atoms with Crippen molar-refractivity contribution in [3.8, 4) is 0 Å². The number of hydrogen-bond acceptors (Lipinski definition) is 5. The van der Waals surface area contributed by atoms with Gasteiger partial charge >= 0.3 is 5.97 Å². The highest BCUT2D eigenvalue weighted by Crippen LogP contribution is 2.49. The lowest BCUT2D eigenvalue weighted by atomic mass is 9.60. The van der Waals surface area contributed by atoms with Crippen LogP contribution < -0.4 is 21.7 Å². The number of aryl methyl sites for hydroxylation is 1. The molecular weight excluding hydrogens is 440 g/mol. The smallest absolute Gasteiger partial charge is 0.322 e. The van der Waals surface area contributed by atoms with Gasteiger partial charge in [0, 0.05) is 23.6 Å². The van der Waals surface area contributed by atoms with E-state index in [1.807, 2.05) is 24.3 Å². The molecule has 3 unspecified atom stereocenters. The van der Waals surface area contributed by atoms with Gasteiger partial charge in [0.1, 0.15) is 6.04 Å². The third-order valence-corrected chi connectivity index (χ3v) is 8.82. The molecule has 2 heterocycles. The third kappa shape index (κ3) is 6.63. The summed E-state index contributed by atoms with van der Waals surface area (Å²) in [5, 5.41) is 19.3. The van der Waals surface area contributed by atoms with E-state index in [4.69, 9.17) is 10.8 Å². The second-order valence-electron chi connectivity index (χ2n) is 11.1. The van der Waals surface area contributed by atoms with Crippen molar-refractivity contribution < 1.29 is 14.7 Å². The van der Waals surface area contributed by atoms with Crippen LogP contribution >= 0.6 is 0 Å². The summed E-state index contributed by atoms with van der Waals surface area (Å²) in [6.45, 7) is 1.04. The van der Waals surface area contributed by atoms with Gasteiger partial charge in [0.25, 0.3) is 5.91 Å². The van der Waals surface area contributed by atoms with Crippen molar-refractivity contribution in [2.75, 3.05) is 13.1 Å². The average Bonchev–Trinajstić information content (AvgIpc) is 2.85. The van der Waals surface area contributed by atoms with Crippen LogP contribution in [0.25, 0.3) is 0 Å². The van der Waals surface area contributed by atoms with Crippen LogP contribution in [0.5, 0.6) is 0 Å². The minimum Gasteiger partial charge on any atom is -0.480 e. The lowest BCUT2D eigenvalue weighted by Crippen LogP contribution is -2.65. The Balaban J connectivity index is 1.28. The second kappa shape index (κ2) is 12.3. The molecule has 6 N–H and O–H groups in total. The molecule has 2 aliphatic heterocycles. The van der Waals surface area contributed by atoms with E-state index in [9.17, 15) is 9.59 Å². The van der Waals surface area contributed by atoms with Crippen molar-refractivity contribution in [2.45, 2.75) is 102 Å². The maximum atomic E-state index is 12.2. The number of carboxylic acid groups (broad SMARTS) is 1. The van der Waals surface area contributed by atoms with Crippen molar-refractivity contribution in [3.63, 3.8) is 0 Å². The van der Waals surface area contributed by atoms with E-state index in [2.05, 4.69) is 16.0 Å². The summed E-state index contributed by atoms with van der Waals surface area (Å²) in [6, 6.07) is 7.07. The number of carbonyl (C=O) groups excluding carboxylic acids is 1. The van der Waals surface area contributed by atoms with Gasteiger partial charge in [0.2, 0.25) is 0 Å². The predicted molar refractivity (Wildman–Crippen MR) is 138 cm³/mol. The van der Waals surface area contributed by atoms with E-state index < -0.39 is 12.0 Å². The average molecular weight is 485 g/mol. The van der Waals surface area contributed by atoms with Gasteiger partial charge in [-0.3, -0.25) is 14.9 Å². The Bertz CT molecular complexity index is 837. The van der Waals surface area contributed by atoms with E-state index >= 15 is 0 Å². The Hall–Kier alpha value is -1.96. The van der Waals surface area contributed by atoms with Crippen LogP contribution in [0.15, 0.2) is 24.3 Å². The number of benzene rings is 1. The predicted octanol–water partition coefficient (Wildman–Crippen LogP) is 3.57. The number of carbonyl (C=O) groups is 2. The highest BCUT2D eigenvalue weighted by molar-refractivity contribution is 5.94. The molecule has 7 nitrogen and oxygen atoms in total. The lowest BCUT2D eigenvalue weighted by Gasteiger charge is -2.55. The minimum atomic E-state index is -1.12. The Kier molecular flexibility index (Phi) is 9.20. The van der Waals surface area contributed by atoms with E-state index in [1.165, 1.54) is 76.2 Å². The van der Waals surface area contributed by atoms with Crippen molar-refractivity contribution in [2.24, 2.45) is 17.1 Å².